The monoisotopic (exact) mass is 420 g/mol. The summed E-state index contributed by atoms with van der Waals surface area (Å²) >= 11 is 0. The molecule has 2 aromatic rings. The van der Waals surface area contributed by atoms with E-state index < -0.39 is 18.5 Å². The van der Waals surface area contributed by atoms with E-state index in [-0.39, 0.29) is 11.5 Å². The van der Waals surface area contributed by atoms with Crippen molar-refractivity contribution < 1.29 is 19.1 Å². The van der Waals surface area contributed by atoms with E-state index >= 15 is 0 Å². The Morgan fingerprint density at radius 1 is 1.00 bits per heavy atom. The Morgan fingerprint density at radius 2 is 1.61 bits per heavy atom. The first kappa shape index (κ1) is 23.2. The minimum absolute atomic E-state index is 0.154. The molecular formula is C23H24N4O4. The number of nitrogens with zero attached hydrogens (tertiary/aromatic N) is 3. The zero-order valence-corrected chi connectivity index (χ0v) is 17.9. The van der Waals surface area contributed by atoms with Crippen molar-refractivity contribution in [2.45, 2.75) is 0 Å². The molecule has 0 aromatic heterocycles. The van der Waals surface area contributed by atoms with E-state index in [0.717, 1.165) is 5.69 Å². The second-order valence-corrected chi connectivity index (χ2v) is 7.06. The number of rotatable bonds is 7. The molecule has 0 radical (unpaired) electrons. The van der Waals surface area contributed by atoms with Gasteiger partial charge in [0.15, 0.2) is 6.61 Å². The van der Waals surface area contributed by atoms with Crippen molar-refractivity contribution in [3.8, 4) is 6.07 Å². The molecule has 0 saturated heterocycles. The number of hydrogen-bond donors (Lipinski definition) is 1. The van der Waals surface area contributed by atoms with Crippen molar-refractivity contribution in [3.63, 3.8) is 0 Å². The largest absolute Gasteiger partial charge is 0.451 e. The van der Waals surface area contributed by atoms with Gasteiger partial charge in [-0.2, -0.15) is 5.26 Å². The summed E-state index contributed by atoms with van der Waals surface area (Å²) < 4.78 is 4.95. The van der Waals surface area contributed by atoms with Crippen molar-refractivity contribution >= 4 is 35.2 Å². The van der Waals surface area contributed by atoms with Crippen molar-refractivity contribution in [3.05, 3.63) is 65.2 Å². The van der Waals surface area contributed by atoms with Crippen LogP contribution < -0.4 is 10.2 Å². The number of hydrogen-bond acceptors (Lipinski definition) is 6. The molecule has 0 aliphatic heterocycles. The fourth-order valence-electron chi connectivity index (χ4n) is 2.53. The van der Waals surface area contributed by atoms with Crippen LogP contribution in [0.25, 0.3) is 6.08 Å². The molecule has 0 aliphatic carbocycles. The number of benzene rings is 2. The summed E-state index contributed by atoms with van der Waals surface area (Å²) in [6.45, 7) is -0.546. The summed E-state index contributed by atoms with van der Waals surface area (Å²) in [6, 6.07) is 15.4. The number of carbonyl (C=O) groups excluding carboxylic acids is 3. The lowest BCUT2D eigenvalue weighted by molar-refractivity contribution is -0.142. The lowest BCUT2D eigenvalue weighted by atomic mass is 10.1. The maximum atomic E-state index is 12.2. The number of anilines is 2. The van der Waals surface area contributed by atoms with Crippen molar-refractivity contribution in [1.82, 2.24) is 4.90 Å². The highest BCUT2D eigenvalue weighted by molar-refractivity contribution is 6.00. The summed E-state index contributed by atoms with van der Waals surface area (Å²) in [6.07, 6.45) is 1.40. The van der Waals surface area contributed by atoms with Gasteiger partial charge in [-0.3, -0.25) is 9.59 Å². The Balaban J connectivity index is 1.93. The first-order chi connectivity index (χ1) is 14.7. The van der Waals surface area contributed by atoms with Gasteiger partial charge >= 0.3 is 5.97 Å². The Morgan fingerprint density at radius 3 is 2.13 bits per heavy atom. The molecule has 0 bridgehead atoms. The molecule has 2 amide bonds. The highest BCUT2D eigenvalue weighted by atomic mass is 16.5. The number of nitrogens with one attached hydrogen (secondary N) is 1. The molecule has 0 aliphatic rings. The highest BCUT2D eigenvalue weighted by Gasteiger charge is 2.14. The van der Waals surface area contributed by atoms with E-state index in [1.54, 1.807) is 56.6 Å². The van der Waals surface area contributed by atoms with Crippen LogP contribution in [0.4, 0.5) is 11.4 Å². The van der Waals surface area contributed by atoms with Crippen LogP contribution in [0.15, 0.2) is 54.1 Å². The average Bonchev–Trinajstić information content (AvgIpc) is 2.76. The normalized spacial score (nSPS) is 10.6. The van der Waals surface area contributed by atoms with E-state index in [0.29, 0.717) is 16.8 Å². The zero-order valence-electron chi connectivity index (χ0n) is 17.9. The number of ether oxygens (including phenoxy) is 1. The molecular weight excluding hydrogens is 396 g/mol. The van der Waals surface area contributed by atoms with Crippen LogP contribution in [0.5, 0.6) is 0 Å². The first-order valence-corrected chi connectivity index (χ1v) is 9.39. The maximum Gasteiger partial charge on any atom is 0.349 e. The molecule has 160 valence electrons. The van der Waals surface area contributed by atoms with Crippen LogP contribution in [-0.4, -0.2) is 57.5 Å². The van der Waals surface area contributed by atoms with Gasteiger partial charge in [-0.05, 0) is 48.0 Å². The minimum Gasteiger partial charge on any atom is -0.451 e. The van der Waals surface area contributed by atoms with Crippen LogP contribution in [0.1, 0.15) is 15.9 Å². The molecule has 0 fully saturated rings. The number of nitriles is 1. The predicted octanol–water partition coefficient (Wildman–Crippen LogP) is 2.54. The van der Waals surface area contributed by atoms with Gasteiger partial charge in [0.25, 0.3) is 11.8 Å². The summed E-state index contributed by atoms with van der Waals surface area (Å²) in [7, 11) is 7.11. The number of esters is 1. The van der Waals surface area contributed by atoms with E-state index in [1.807, 2.05) is 31.1 Å². The lowest BCUT2D eigenvalue weighted by Crippen LogP contribution is -2.22. The minimum atomic E-state index is -0.888. The third kappa shape index (κ3) is 6.72. The molecule has 0 heterocycles. The number of carbonyl (C=O) groups is 3. The molecule has 8 heteroatoms. The van der Waals surface area contributed by atoms with Crippen molar-refractivity contribution in [2.75, 3.05) is 45.0 Å². The van der Waals surface area contributed by atoms with Gasteiger partial charge in [-0.15, -0.1) is 0 Å². The fourth-order valence-corrected chi connectivity index (χ4v) is 2.53. The third-order valence-electron chi connectivity index (χ3n) is 4.22. The topological polar surface area (TPSA) is 103 Å². The Bertz CT molecular complexity index is 1020. The van der Waals surface area contributed by atoms with Crippen LogP contribution in [0.2, 0.25) is 0 Å². The van der Waals surface area contributed by atoms with E-state index in [2.05, 4.69) is 5.32 Å². The van der Waals surface area contributed by atoms with Gasteiger partial charge in [0, 0.05) is 45.1 Å². The standard InChI is InChI=1S/C23H24N4O4/c1-26(2)20-11-5-16(6-12-20)13-18(14-24)23(30)31-15-21(28)25-19-9-7-17(8-10-19)22(29)27(3)4/h5-13H,15H2,1-4H3,(H,25,28)/b18-13+. The quantitative estimate of drug-likeness (QED) is 0.420. The smallest absolute Gasteiger partial charge is 0.349 e. The molecule has 1 N–H and O–H groups in total. The molecule has 2 rings (SSSR count). The maximum absolute atomic E-state index is 12.2. The second-order valence-electron chi connectivity index (χ2n) is 7.06. The van der Waals surface area contributed by atoms with E-state index in [4.69, 9.17) is 4.74 Å². The Labute approximate surface area is 181 Å². The molecule has 0 atom stereocenters. The van der Waals surface area contributed by atoms with Gasteiger partial charge in [0.1, 0.15) is 11.6 Å². The van der Waals surface area contributed by atoms with Gasteiger partial charge < -0.3 is 19.9 Å². The van der Waals surface area contributed by atoms with Crippen molar-refractivity contribution in [2.24, 2.45) is 0 Å². The molecule has 0 spiro atoms. The summed E-state index contributed by atoms with van der Waals surface area (Å²) in [5.41, 5.74) is 2.37. The fraction of sp³-hybridized carbons (Fsp3) is 0.217. The second kappa shape index (κ2) is 10.6. The van der Waals surface area contributed by atoms with E-state index in [9.17, 15) is 19.6 Å². The van der Waals surface area contributed by atoms with Crippen LogP contribution in [0, 0.1) is 11.3 Å². The van der Waals surface area contributed by atoms with Gasteiger partial charge in [-0.25, -0.2) is 4.79 Å². The van der Waals surface area contributed by atoms with E-state index in [1.165, 1.54) is 11.0 Å². The lowest BCUT2D eigenvalue weighted by Gasteiger charge is -2.12. The SMILES string of the molecule is CN(C)C(=O)c1ccc(NC(=O)COC(=O)/C(C#N)=C/c2ccc(N(C)C)cc2)cc1. The van der Waals surface area contributed by atoms with Crippen LogP contribution >= 0.6 is 0 Å². The highest BCUT2D eigenvalue weighted by Crippen LogP contribution is 2.15. The third-order valence-corrected chi connectivity index (χ3v) is 4.22. The summed E-state index contributed by atoms with van der Waals surface area (Å²) in [4.78, 5) is 39.4. The number of amides is 2. The van der Waals surface area contributed by atoms with Crippen LogP contribution in [0.3, 0.4) is 0 Å². The zero-order chi connectivity index (χ0) is 23.0. The average molecular weight is 420 g/mol. The molecule has 2 aromatic carbocycles. The molecule has 0 saturated carbocycles. The Kier molecular flexibility index (Phi) is 7.92. The predicted molar refractivity (Wildman–Crippen MR) is 118 cm³/mol. The summed E-state index contributed by atoms with van der Waals surface area (Å²) in [5.74, 6) is -1.60. The Hall–Kier alpha value is -4.12. The van der Waals surface area contributed by atoms with Gasteiger partial charge in [0.2, 0.25) is 0 Å². The van der Waals surface area contributed by atoms with Crippen LogP contribution in [-0.2, 0) is 14.3 Å². The molecule has 31 heavy (non-hydrogen) atoms. The first-order valence-electron chi connectivity index (χ1n) is 9.39. The summed E-state index contributed by atoms with van der Waals surface area (Å²) in [5, 5.41) is 11.8. The van der Waals surface area contributed by atoms with Crippen molar-refractivity contribution in [1.29, 1.82) is 5.26 Å². The van der Waals surface area contributed by atoms with Gasteiger partial charge in [0.05, 0.1) is 0 Å². The molecule has 8 nitrogen and oxygen atoms in total. The van der Waals surface area contributed by atoms with Gasteiger partial charge in [-0.1, -0.05) is 12.1 Å². The molecule has 0 unspecified atom stereocenters.